The number of likely N-dealkylation sites (N-methyl/N-ethyl adjacent to an activating group) is 1. The Labute approximate surface area is 207 Å². The quantitative estimate of drug-likeness (QED) is 0.302. The summed E-state index contributed by atoms with van der Waals surface area (Å²) in [7, 11) is 1.99. The molecule has 2 aromatic carbocycles. The van der Waals surface area contributed by atoms with E-state index >= 15 is 0 Å². The molecule has 0 radical (unpaired) electrons. The number of nitrogens with zero attached hydrogens (tertiary/aromatic N) is 3. The van der Waals surface area contributed by atoms with Crippen LogP contribution < -0.4 is 10.9 Å². The van der Waals surface area contributed by atoms with Gasteiger partial charge in [0.05, 0.1) is 11.9 Å². The highest BCUT2D eigenvalue weighted by Gasteiger charge is 2.13. The minimum Gasteiger partial charge on any atom is -0.318 e. The molecule has 0 amide bonds. The first-order chi connectivity index (χ1) is 16.1. The molecule has 33 heavy (non-hydrogen) atoms. The number of benzene rings is 2. The number of aromatic nitrogens is 2. The minimum atomic E-state index is 0.0574. The Balaban J connectivity index is 1.50. The van der Waals surface area contributed by atoms with Gasteiger partial charge >= 0.3 is 0 Å². The van der Waals surface area contributed by atoms with Crippen LogP contribution in [0.1, 0.15) is 23.4 Å². The van der Waals surface area contributed by atoms with Crippen molar-refractivity contribution in [3.63, 3.8) is 0 Å². The lowest BCUT2D eigenvalue weighted by molar-refractivity contribution is 0.263. The SMILES string of the molecule is CNCCN(CCCc1nc2sccc2c(=O)n1Cc1ccccc1)Cc1ccc(Br)cc1. The monoisotopic (exact) mass is 524 g/mol. The van der Waals surface area contributed by atoms with Crippen LogP contribution in [0.5, 0.6) is 0 Å². The van der Waals surface area contributed by atoms with Crippen LogP contribution in [0.3, 0.4) is 0 Å². The van der Waals surface area contributed by atoms with Crippen LogP contribution in [-0.4, -0.2) is 41.1 Å². The lowest BCUT2D eigenvalue weighted by atomic mass is 10.2. The first-order valence-corrected chi connectivity index (χ1v) is 12.9. The minimum absolute atomic E-state index is 0.0574. The van der Waals surface area contributed by atoms with Crippen molar-refractivity contribution in [2.75, 3.05) is 26.7 Å². The maximum Gasteiger partial charge on any atom is 0.262 e. The van der Waals surface area contributed by atoms with Crippen molar-refractivity contribution in [1.82, 2.24) is 19.8 Å². The number of hydrogen-bond donors (Lipinski definition) is 1. The van der Waals surface area contributed by atoms with Crippen molar-refractivity contribution in [3.05, 3.63) is 97.8 Å². The molecule has 2 aromatic heterocycles. The van der Waals surface area contributed by atoms with Gasteiger partial charge in [0.2, 0.25) is 0 Å². The average Bonchev–Trinajstić information content (AvgIpc) is 3.30. The summed E-state index contributed by atoms with van der Waals surface area (Å²) in [5.41, 5.74) is 2.47. The van der Waals surface area contributed by atoms with Crippen LogP contribution in [0, 0.1) is 0 Å². The molecule has 0 unspecified atom stereocenters. The fourth-order valence-corrected chi connectivity index (χ4v) is 5.00. The Hall–Kier alpha value is -2.32. The van der Waals surface area contributed by atoms with E-state index in [9.17, 15) is 4.79 Å². The smallest absolute Gasteiger partial charge is 0.262 e. The number of fused-ring (bicyclic) bond motifs is 1. The zero-order chi connectivity index (χ0) is 23.0. The topological polar surface area (TPSA) is 50.2 Å². The van der Waals surface area contributed by atoms with E-state index in [1.54, 1.807) is 0 Å². The third-order valence-electron chi connectivity index (χ3n) is 5.72. The van der Waals surface area contributed by atoms with E-state index in [-0.39, 0.29) is 5.56 Å². The molecule has 0 atom stereocenters. The number of thiophene rings is 1. The van der Waals surface area contributed by atoms with Gasteiger partial charge < -0.3 is 5.32 Å². The molecular formula is C26H29BrN4OS. The molecule has 0 saturated carbocycles. The molecule has 0 spiro atoms. The van der Waals surface area contributed by atoms with Gasteiger partial charge in [0.15, 0.2) is 0 Å². The van der Waals surface area contributed by atoms with Gasteiger partial charge in [-0.3, -0.25) is 14.3 Å². The summed E-state index contributed by atoms with van der Waals surface area (Å²) < 4.78 is 2.95. The number of rotatable bonds is 11. The lowest BCUT2D eigenvalue weighted by Gasteiger charge is -2.22. The molecule has 0 aliphatic heterocycles. The largest absolute Gasteiger partial charge is 0.318 e. The number of nitrogens with one attached hydrogen (secondary N) is 1. The van der Waals surface area contributed by atoms with Crippen LogP contribution in [-0.2, 0) is 19.5 Å². The van der Waals surface area contributed by atoms with Gasteiger partial charge in [-0.05, 0) is 54.7 Å². The summed E-state index contributed by atoms with van der Waals surface area (Å²) in [5.74, 6) is 0.871. The number of aryl methyl sites for hydroxylation is 1. The molecular weight excluding hydrogens is 496 g/mol. The van der Waals surface area contributed by atoms with Crippen molar-refractivity contribution in [2.24, 2.45) is 0 Å². The molecule has 0 fully saturated rings. The van der Waals surface area contributed by atoms with Gasteiger partial charge in [-0.1, -0.05) is 58.4 Å². The molecule has 0 bridgehead atoms. The number of hydrogen-bond acceptors (Lipinski definition) is 5. The van der Waals surface area contributed by atoms with Gasteiger partial charge in [-0.25, -0.2) is 4.98 Å². The molecule has 0 aliphatic rings. The fourth-order valence-electron chi connectivity index (χ4n) is 3.96. The third-order valence-corrected chi connectivity index (χ3v) is 7.05. The summed E-state index contributed by atoms with van der Waals surface area (Å²) in [4.78, 5) is 21.4. The fraction of sp³-hybridized carbons (Fsp3) is 0.308. The molecule has 4 rings (SSSR count). The molecule has 0 saturated heterocycles. The second kappa shape index (κ2) is 11.7. The second-order valence-electron chi connectivity index (χ2n) is 8.15. The second-order valence-corrected chi connectivity index (χ2v) is 9.96. The molecule has 1 N–H and O–H groups in total. The highest BCUT2D eigenvalue weighted by atomic mass is 79.9. The highest BCUT2D eigenvalue weighted by Crippen LogP contribution is 2.17. The number of halogens is 1. The summed E-state index contributed by atoms with van der Waals surface area (Å²) in [6, 6.07) is 20.5. The standard InChI is InChI=1S/C26H29BrN4OS/c1-28-14-16-30(18-21-9-11-22(27)12-10-21)15-5-8-24-29-25-23(13-17-33-25)26(32)31(24)19-20-6-3-2-4-7-20/h2-4,6-7,9-13,17,28H,5,8,14-16,18-19H2,1H3. The Morgan fingerprint density at radius 3 is 2.58 bits per heavy atom. The highest BCUT2D eigenvalue weighted by molar-refractivity contribution is 9.10. The Morgan fingerprint density at radius 1 is 1.03 bits per heavy atom. The van der Waals surface area contributed by atoms with E-state index in [1.165, 1.54) is 16.9 Å². The maximum atomic E-state index is 13.2. The summed E-state index contributed by atoms with van der Waals surface area (Å²) in [6.07, 6.45) is 1.71. The zero-order valence-corrected chi connectivity index (χ0v) is 21.2. The van der Waals surface area contributed by atoms with E-state index in [4.69, 9.17) is 4.98 Å². The predicted molar refractivity (Wildman–Crippen MR) is 141 cm³/mol. The van der Waals surface area contributed by atoms with Gasteiger partial charge in [-0.15, -0.1) is 11.3 Å². The van der Waals surface area contributed by atoms with Crippen LogP contribution in [0.15, 0.2) is 75.3 Å². The molecule has 0 aliphatic carbocycles. The molecule has 172 valence electrons. The van der Waals surface area contributed by atoms with Crippen LogP contribution in [0.2, 0.25) is 0 Å². The Morgan fingerprint density at radius 2 is 1.82 bits per heavy atom. The lowest BCUT2D eigenvalue weighted by Crippen LogP contribution is -2.32. The molecule has 7 heteroatoms. The summed E-state index contributed by atoms with van der Waals surface area (Å²) in [5, 5.41) is 5.92. The average molecular weight is 526 g/mol. The Bertz CT molecular complexity index is 1220. The zero-order valence-electron chi connectivity index (χ0n) is 18.8. The van der Waals surface area contributed by atoms with Gasteiger partial charge in [-0.2, -0.15) is 0 Å². The van der Waals surface area contributed by atoms with E-state index < -0.39 is 0 Å². The normalized spacial score (nSPS) is 11.5. The van der Waals surface area contributed by atoms with Crippen molar-refractivity contribution < 1.29 is 0 Å². The maximum absolute atomic E-state index is 13.2. The summed E-state index contributed by atoms with van der Waals surface area (Å²) >= 11 is 5.05. The summed E-state index contributed by atoms with van der Waals surface area (Å²) in [6.45, 7) is 4.32. The molecule has 5 nitrogen and oxygen atoms in total. The first-order valence-electron chi connectivity index (χ1n) is 11.3. The van der Waals surface area contributed by atoms with Gasteiger partial charge in [0, 0.05) is 30.5 Å². The third kappa shape index (κ3) is 6.38. The molecule has 2 heterocycles. The van der Waals surface area contributed by atoms with Gasteiger partial charge in [0.25, 0.3) is 5.56 Å². The van der Waals surface area contributed by atoms with E-state index in [0.29, 0.717) is 11.9 Å². The first kappa shape index (κ1) is 23.8. The van der Waals surface area contributed by atoms with Crippen LogP contribution in [0.25, 0.3) is 10.2 Å². The van der Waals surface area contributed by atoms with Crippen molar-refractivity contribution in [1.29, 1.82) is 0 Å². The van der Waals surface area contributed by atoms with Crippen LogP contribution in [0.4, 0.5) is 0 Å². The Kier molecular flexibility index (Phi) is 8.45. The van der Waals surface area contributed by atoms with E-state index in [2.05, 4.69) is 62.5 Å². The van der Waals surface area contributed by atoms with Crippen molar-refractivity contribution in [3.8, 4) is 0 Å². The van der Waals surface area contributed by atoms with Crippen molar-refractivity contribution >= 4 is 37.5 Å². The van der Waals surface area contributed by atoms with E-state index in [1.807, 2.05) is 41.3 Å². The van der Waals surface area contributed by atoms with Crippen LogP contribution >= 0.6 is 27.3 Å². The van der Waals surface area contributed by atoms with E-state index in [0.717, 1.165) is 59.7 Å². The van der Waals surface area contributed by atoms with Crippen molar-refractivity contribution in [2.45, 2.75) is 25.9 Å². The predicted octanol–water partition coefficient (Wildman–Crippen LogP) is 4.92. The molecule has 4 aromatic rings. The van der Waals surface area contributed by atoms with Gasteiger partial charge in [0.1, 0.15) is 10.7 Å².